The highest BCUT2D eigenvalue weighted by Crippen LogP contribution is 2.45. The van der Waals surface area contributed by atoms with Crippen molar-refractivity contribution in [2.45, 2.75) is 30.1 Å². The molecule has 2 heterocycles. The van der Waals surface area contributed by atoms with E-state index in [1.54, 1.807) is 42.5 Å². The van der Waals surface area contributed by atoms with Crippen LogP contribution in [-0.2, 0) is 28.9 Å². The lowest BCUT2D eigenvalue weighted by Gasteiger charge is -2.37. The van der Waals surface area contributed by atoms with Crippen LogP contribution >= 0.6 is 0 Å². The Bertz CT molecular complexity index is 1500. The zero-order valence-electron chi connectivity index (χ0n) is 22.0. The number of nitriles is 1. The van der Waals surface area contributed by atoms with Crippen molar-refractivity contribution in [1.82, 2.24) is 0 Å². The molecule has 2 N–H and O–H groups in total. The molecule has 10 nitrogen and oxygen atoms in total. The van der Waals surface area contributed by atoms with Gasteiger partial charge < -0.3 is 20.1 Å². The molecule has 1 atom stereocenters. The number of esters is 2. The number of hydrogen-bond donors (Lipinski definition) is 1. The highest BCUT2D eigenvalue weighted by atomic mass is 32.2. The Kier molecular flexibility index (Phi) is 7.97. The van der Waals surface area contributed by atoms with Crippen LogP contribution in [0.15, 0.2) is 76.1 Å². The molecule has 1 saturated heterocycles. The number of rotatable bonds is 6. The third kappa shape index (κ3) is 5.20. The van der Waals surface area contributed by atoms with Gasteiger partial charge in [-0.3, -0.25) is 4.90 Å². The molecular formula is C28H30N4O6S. The van der Waals surface area contributed by atoms with E-state index < -0.39 is 27.7 Å². The van der Waals surface area contributed by atoms with Crippen LogP contribution in [0.1, 0.15) is 30.7 Å². The van der Waals surface area contributed by atoms with Crippen molar-refractivity contribution < 1.29 is 27.5 Å². The van der Waals surface area contributed by atoms with Gasteiger partial charge in [0, 0.05) is 25.0 Å². The predicted molar refractivity (Wildman–Crippen MR) is 145 cm³/mol. The molecular weight excluding hydrogens is 520 g/mol. The van der Waals surface area contributed by atoms with E-state index in [0.29, 0.717) is 5.56 Å². The molecule has 0 radical (unpaired) electrons. The summed E-state index contributed by atoms with van der Waals surface area (Å²) < 4.78 is 36.1. The lowest BCUT2D eigenvalue weighted by molar-refractivity contribution is -0.139. The summed E-state index contributed by atoms with van der Waals surface area (Å²) in [6, 6.07) is 15.5. The minimum atomic E-state index is -3.85. The molecule has 2 aliphatic heterocycles. The minimum absolute atomic E-state index is 0.0270. The summed E-state index contributed by atoms with van der Waals surface area (Å²) in [7, 11) is -1.56. The first-order valence-corrected chi connectivity index (χ1v) is 14.3. The predicted octanol–water partition coefficient (Wildman–Crippen LogP) is 2.98. The molecule has 0 amide bonds. The van der Waals surface area contributed by atoms with Gasteiger partial charge in [-0.2, -0.15) is 5.26 Å². The maximum Gasteiger partial charge on any atom is 0.355 e. The van der Waals surface area contributed by atoms with E-state index in [2.05, 4.69) is 11.0 Å². The third-order valence-corrected chi connectivity index (χ3v) is 8.06. The van der Waals surface area contributed by atoms with Crippen molar-refractivity contribution in [2.75, 3.05) is 43.4 Å². The second kappa shape index (κ2) is 11.2. The summed E-state index contributed by atoms with van der Waals surface area (Å²) >= 11 is 0. The Hall–Kier alpha value is -4.30. The van der Waals surface area contributed by atoms with Gasteiger partial charge in [0.15, 0.2) is 9.84 Å². The molecule has 4 rings (SSSR count). The van der Waals surface area contributed by atoms with Gasteiger partial charge >= 0.3 is 11.9 Å². The number of nitrogens with two attached hydrogens (primary N) is 1. The van der Waals surface area contributed by atoms with Gasteiger partial charge in [0.2, 0.25) is 0 Å². The van der Waals surface area contributed by atoms with Gasteiger partial charge in [0.05, 0.1) is 47.9 Å². The summed E-state index contributed by atoms with van der Waals surface area (Å²) in [5.74, 6) is -3.08. The number of anilines is 2. The number of allylic oxidation sites excluding steroid dienone is 1. The maximum absolute atomic E-state index is 13.4. The minimum Gasteiger partial charge on any atom is -0.466 e. The standard InChI is InChI=1S/C28H30N4O6S/c1-37-27(33)24-23(18-10-6-4-7-11-18)20(17-29)26(30)32(25(24)28(34)38-2)21-16-19(31-14-8-5-9-15-31)12-13-22(21)39(3,35)36/h4,6-7,10-13,16,23H,5,8-9,14-15,30H2,1-3H3. The fourth-order valence-electron chi connectivity index (χ4n) is 5.11. The van der Waals surface area contributed by atoms with E-state index in [-0.39, 0.29) is 33.2 Å². The number of nitrogens with zero attached hydrogens (tertiary/aromatic N) is 3. The van der Waals surface area contributed by atoms with Crippen LogP contribution in [0.25, 0.3) is 0 Å². The fourth-order valence-corrected chi connectivity index (χ4v) is 5.95. The van der Waals surface area contributed by atoms with Crippen molar-refractivity contribution in [1.29, 1.82) is 5.26 Å². The maximum atomic E-state index is 13.4. The molecule has 0 saturated carbocycles. The molecule has 2 aromatic carbocycles. The fraction of sp³-hybridized carbons (Fsp3) is 0.321. The van der Waals surface area contributed by atoms with Crippen LogP contribution in [0.3, 0.4) is 0 Å². The number of ether oxygens (including phenoxy) is 2. The number of methoxy groups -OCH3 is 2. The molecule has 0 aliphatic carbocycles. The second-order valence-electron chi connectivity index (χ2n) is 9.31. The second-order valence-corrected chi connectivity index (χ2v) is 11.3. The van der Waals surface area contributed by atoms with Gasteiger partial charge in [-0.05, 0) is 43.0 Å². The van der Waals surface area contributed by atoms with Crippen molar-refractivity contribution in [3.63, 3.8) is 0 Å². The van der Waals surface area contributed by atoms with E-state index in [4.69, 9.17) is 15.2 Å². The number of carbonyl (C=O) groups is 2. The summed E-state index contributed by atoms with van der Waals surface area (Å²) in [6.07, 6.45) is 4.09. The lowest BCUT2D eigenvalue weighted by atomic mass is 9.81. The van der Waals surface area contributed by atoms with Crippen LogP contribution < -0.4 is 15.5 Å². The van der Waals surface area contributed by atoms with Gasteiger partial charge in [0.25, 0.3) is 0 Å². The molecule has 2 aliphatic rings. The first-order valence-electron chi connectivity index (χ1n) is 12.4. The first-order chi connectivity index (χ1) is 18.6. The Morgan fingerprint density at radius 2 is 1.64 bits per heavy atom. The van der Waals surface area contributed by atoms with Crippen molar-refractivity contribution in [2.24, 2.45) is 5.73 Å². The first kappa shape index (κ1) is 27.7. The molecule has 39 heavy (non-hydrogen) atoms. The number of piperidine rings is 1. The summed E-state index contributed by atoms with van der Waals surface area (Å²) in [6.45, 7) is 1.55. The van der Waals surface area contributed by atoms with Gasteiger partial charge in [-0.15, -0.1) is 0 Å². The molecule has 0 aromatic heterocycles. The highest BCUT2D eigenvalue weighted by molar-refractivity contribution is 7.90. The van der Waals surface area contributed by atoms with E-state index in [9.17, 15) is 23.3 Å². The average molecular weight is 551 g/mol. The average Bonchev–Trinajstić information content (AvgIpc) is 2.95. The molecule has 204 valence electrons. The number of sulfone groups is 1. The van der Waals surface area contributed by atoms with Crippen LogP contribution in [0.5, 0.6) is 0 Å². The monoisotopic (exact) mass is 550 g/mol. The third-order valence-electron chi connectivity index (χ3n) is 6.91. The topological polar surface area (TPSA) is 143 Å². The summed E-state index contributed by atoms with van der Waals surface area (Å²) in [5, 5.41) is 10.3. The van der Waals surface area contributed by atoms with Gasteiger partial charge in [0.1, 0.15) is 11.5 Å². The van der Waals surface area contributed by atoms with Crippen LogP contribution in [-0.4, -0.2) is 53.9 Å². The van der Waals surface area contributed by atoms with Crippen LogP contribution in [0, 0.1) is 11.3 Å². The van der Waals surface area contributed by atoms with Crippen LogP contribution in [0.2, 0.25) is 0 Å². The molecule has 0 spiro atoms. The molecule has 0 bridgehead atoms. The van der Waals surface area contributed by atoms with Gasteiger partial charge in [-0.25, -0.2) is 18.0 Å². The zero-order chi connectivity index (χ0) is 28.3. The normalized spacial score (nSPS) is 18.1. The quantitative estimate of drug-likeness (QED) is 0.533. The van der Waals surface area contributed by atoms with Crippen molar-refractivity contribution in [3.05, 3.63) is 76.8 Å². The molecule has 2 aromatic rings. The van der Waals surface area contributed by atoms with Crippen molar-refractivity contribution in [3.8, 4) is 6.07 Å². The Morgan fingerprint density at radius 3 is 2.21 bits per heavy atom. The number of benzene rings is 2. The zero-order valence-corrected chi connectivity index (χ0v) is 22.8. The van der Waals surface area contributed by atoms with E-state index >= 15 is 0 Å². The number of hydrogen-bond acceptors (Lipinski definition) is 10. The van der Waals surface area contributed by atoms with E-state index in [1.807, 2.05) is 0 Å². The van der Waals surface area contributed by atoms with E-state index in [0.717, 1.165) is 63.4 Å². The Morgan fingerprint density at radius 1 is 1.00 bits per heavy atom. The SMILES string of the molecule is COC(=O)C1=C(C(=O)OC)N(c2cc(N3CCCCC3)ccc2S(C)(=O)=O)C(N)=C(C#N)C1c1ccccc1. The van der Waals surface area contributed by atoms with Crippen molar-refractivity contribution >= 4 is 33.2 Å². The highest BCUT2D eigenvalue weighted by Gasteiger charge is 2.44. The lowest BCUT2D eigenvalue weighted by Crippen LogP contribution is -2.41. The molecule has 1 unspecified atom stereocenters. The smallest absolute Gasteiger partial charge is 0.355 e. The van der Waals surface area contributed by atoms with Crippen LogP contribution in [0.4, 0.5) is 11.4 Å². The Labute approximate surface area is 227 Å². The number of carbonyl (C=O) groups excluding carboxylic acids is 2. The summed E-state index contributed by atoms with van der Waals surface area (Å²) in [4.78, 5) is 29.8. The van der Waals surface area contributed by atoms with E-state index in [1.165, 1.54) is 6.07 Å². The Balaban J connectivity index is 2.10. The van der Waals surface area contributed by atoms with Gasteiger partial charge in [-0.1, -0.05) is 30.3 Å². The molecule has 1 fully saturated rings. The largest absolute Gasteiger partial charge is 0.466 e. The molecule has 11 heteroatoms. The summed E-state index contributed by atoms with van der Waals surface area (Å²) in [5.41, 5.74) is 7.31.